The van der Waals surface area contributed by atoms with Crippen LogP contribution in [0.1, 0.15) is 11.1 Å². The third-order valence-corrected chi connectivity index (χ3v) is 1.33. The van der Waals surface area contributed by atoms with Crippen LogP contribution in [0.5, 0.6) is 0 Å². The van der Waals surface area contributed by atoms with Crippen LogP contribution < -0.4 is 5.56 Å². The molecule has 0 aromatic carbocycles. The molecule has 0 saturated heterocycles. The Labute approximate surface area is 65.2 Å². The monoisotopic (exact) mass is 178 g/mol. The minimum absolute atomic E-state index is 0.175. The van der Waals surface area contributed by atoms with E-state index in [1.165, 1.54) is 6.92 Å². The van der Waals surface area contributed by atoms with Gasteiger partial charge in [0, 0.05) is 0 Å². The lowest BCUT2D eigenvalue weighted by Gasteiger charge is -2.06. The minimum atomic E-state index is -4.61. The van der Waals surface area contributed by atoms with Crippen molar-refractivity contribution in [2.24, 2.45) is 0 Å². The van der Waals surface area contributed by atoms with E-state index in [1.54, 1.807) is 5.10 Å². The molecule has 3 nitrogen and oxygen atoms in total. The first-order valence-electron chi connectivity index (χ1n) is 3.04. The lowest BCUT2D eigenvalue weighted by molar-refractivity contribution is -0.139. The highest BCUT2D eigenvalue weighted by Crippen LogP contribution is 2.27. The van der Waals surface area contributed by atoms with Gasteiger partial charge in [0.15, 0.2) is 0 Å². The molecule has 1 aromatic heterocycles. The second-order valence-electron chi connectivity index (χ2n) is 2.25. The molecule has 12 heavy (non-hydrogen) atoms. The average molecular weight is 178 g/mol. The van der Waals surface area contributed by atoms with Crippen molar-refractivity contribution >= 4 is 0 Å². The Morgan fingerprint density at radius 1 is 1.50 bits per heavy atom. The van der Waals surface area contributed by atoms with Crippen LogP contribution in [0.4, 0.5) is 13.2 Å². The Bertz CT molecular complexity index is 341. The Morgan fingerprint density at radius 3 is 2.42 bits per heavy atom. The number of aryl methyl sites for hydroxylation is 1. The highest BCUT2D eigenvalue weighted by Gasteiger charge is 2.35. The lowest BCUT2D eigenvalue weighted by atomic mass is 10.2. The standard InChI is InChI=1S/C6H5F3N2O/c1-3-2-10-11-5(12)4(3)6(7,8)9/h2H,1H3,(H,11,12). The molecule has 0 fully saturated rings. The number of nitrogens with one attached hydrogen (secondary N) is 1. The predicted octanol–water partition coefficient (Wildman–Crippen LogP) is 1.10. The van der Waals surface area contributed by atoms with Crippen LogP contribution in [-0.4, -0.2) is 10.2 Å². The molecular formula is C6H5F3N2O. The maximum absolute atomic E-state index is 12.1. The van der Waals surface area contributed by atoms with Gasteiger partial charge in [-0.05, 0) is 12.5 Å². The molecule has 1 N–H and O–H groups in total. The van der Waals surface area contributed by atoms with Crippen LogP contribution >= 0.6 is 0 Å². The van der Waals surface area contributed by atoms with Crippen molar-refractivity contribution in [3.8, 4) is 0 Å². The normalized spacial score (nSPS) is 11.7. The zero-order chi connectivity index (χ0) is 9.35. The molecule has 0 aliphatic heterocycles. The zero-order valence-corrected chi connectivity index (χ0v) is 6.07. The van der Waals surface area contributed by atoms with Gasteiger partial charge < -0.3 is 0 Å². The number of aromatic nitrogens is 2. The number of H-pyrrole nitrogens is 1. The van der Waals surface area contributed by atoms with E-state index >= 15 is 0 Å². The summed E-state index contributed by atoms with van der Waals surface area (Å²) in [6.07, 6.45) is -3.65. The zero-order valence-electron chi connectivity index (χ0n) is 6.07. The summed E-state index contributed by atoms with van der Waals surface area (Å²) in [6, 6.07) is 0. The van der Waals surface area contributed by atoms with Crippen LogP contribution in [0.15, 0.2) is 11.0 Å². The second kappa shape index (κ2) is 2.62. The lowest BCUT2D eigenvalue weighted by Crippen LogP contribution is -2.23. The van der Waals surface area contributed by atoms with Gasteiger partial charge in [-0.2, -0.15) is 18.3 Å². The third-order valence-electron chi connectivity index (χ3n) is 1.33. The van der Waals surface area contributed by atoms with E-state index in [4.69, 9.17) is 0 Å². The van der Waals surface area contributed by atoms with E-state index < -0.39 is 17.3 Å². The summed E-state index contributed by atoms with van der Waals surface area (Å²) in [5.74, 6) is 0. The summed E-state index contributed by atoms with van der Waals surface area (Å²) in [5, 5.41) is 4.94. The quantitative estimate of drug-likeness (QED) is 0.646. The highest BCUT2D eigenvalue weighted by molar-refractivity contribution is 5.21. The Morgan fingerprint density at radius 2 is 2.08 bits per heavy atom. The molecule has 0 unspecified atom stereocenters. The topological polar surface area (TPSA) is 45.8 Å². The van der Waals surface area contributed by atoms with Gasteiger partial charge in [-0.25, -0.2) is 5.10 Å². The summed E-state index contributed by atoms with van der Waals surface area (Å²) in [4.78, 5) is 10.6. The molecule has 0 radical (unpaired) electrons. The Kier molecular flexibility index (Phi) is 1.91. The van der Waals surface area contributed by atoms with E-state index in [0.29, 0.717) is 0 Å². The second-order valence-corrected chi connectivity index (χ2v) is 2.25. The molecule has 0 amide bonds. The van der Waals surface area contributed by atoms with E-state index in [0.717, 1.165) is 6.20 Å². The first-order chi connectivity index (χ1) is 5.43. The largest absolute Gasteiger partial charge is 0.422 e. The van der Waals surface area contributed by atoms with Crippen molar-refractivity contribution in [2.75, 3.05) is 0 Å². The molecule has 0 atom stereocenters. The van der Waals surface area contributed by atoms with Gasteiger partial charge >= 0.3 is 6.18 Å². The molecule has 0 spiro atoms. The molecule has 1 rings (SSSR count). The van der Waals surface area contributed by atoms with Crippen LogP contribution in [0.2, 0.25) is 0 Å². The molecule has 0 bridgehead atoms. The molecule has 0 aliphatic carbocycles. The number of rotatable bonds is 0. The summed E-state index contributed by atoms with van der Waals surface area (Å²) in [6.45, 7) is 1.19. The van der Waals surface area contributed by atoms with Crippen LogP contribution in [-0.2, 0) is 6.18 Å². The highest BCUT2D eigenvalue weighted by atomic mass is 19.4. The molecule has 1 heterocycles. The van der Waals surface area contributed by atoms with Gasteiger partial charge in [-0.15, -0.1) is 0 Å². The summed E-state index contributed by atoms with van der Waals surface area (Å²) >= 11 is 0. The maximum atomic E-state index is 12.1. The molecule has 0 aliphatic rings. The molecule has 1 aromatic rings. The fourth-order valence-corrected chi connectivity index (χ4v) is 0.840. The SMILES string of the molecule is Cc1cn[nH]c(=O)c1C(F)(F)F. The summed E-state index contributed by atoms with van der Waals surface area (Å²) in [7, 11) is 0. The number of hydrogen-bond donors (Lipinski definition) is 1. The van der Waals surface area contributed by atoms with E-state index in [1.807, 2.05) is 0 Å². The van der Waals surface area contributed by atoms with Crippen molar-refractivity contribution in [3.05, 3.63) is 27.7 Å². The number of aromatic amines is 1. The van der Waals surface area contributed by atoms with Gasteiger partial charge in [-0.3, -0.25) is 4.79 Å². The van der Waals surface area contributed by atoms with Gasteiger partial charge in [0.25, 0.3) is 5.56 Å². The summed E-state index contributed by atoms with van der Waals surface area (Å²) in [5.41, 5.74) is -2.56. The third kappa shape index (κ3) is 1.46. The average Bonchev–Trinajstić information content (AvgIpc) is 1.82. The smallest absolute Gasteiger partial charge is 0.267 e. The van der Waals surface area contributed by atoms with Crippen molar-refractivity contribution in [2.45, 2.75) is 13.1 Å². The Hall–Kier alpha value is -1.33. The molecule has 6 heteroatoms. The van der Waals surface area contributed by atoms with Gasteiger partial charge in [0.2, 0.25) is 0 Å². The van der Waals surface area contributed by atoms with Crippen LogP contribution in [0.25, 0.3) is 0 Å². The van der Waals surface area contributed by atoms with Gasteiger partial charge in [0.1, 0.15) is 5.56 Å². The minimum Gasteiger partial charge on any atom is -0.267 e. The number of hydrogen-bond acceptors (Lipinski definition) is 2. The van der Waals surface area contributed by atoms with Crippen molar-refractivity contribution in [3.63, 3.8) is 0 Å². The fraction of sp³-hybridized carbons (Fsp3) is 0.333. The summed E-state index contributed by atoms with van der Waals surface area (Å²) < 4.78 is 36.2. The molecule has 0 saturated carbocycles. The van der Waals surface area contributed by atoms with Crippen molar-refractivity contribution in [1.29, 1.82) is 0 Å². The van der Waals surface area contributed by atoms with Crippen molar-refractivity contribution < 1.29 is 13.2 Å². The molecular weight excluding hydrogens is 173 g/mol. The number of nitrogens with zero attached hydrogens (tertiary/aromatic N) is 1. The van der Waals surface area contributed by atoms with Crippen LogP contribution in [0.3, 0.4) is 0 Å². The fourth-order valence-electron chi connectivity index (χ4n) is 0.840. The Balaban J connectivity index is 3.42. The first-order valence-corrected chi connectivity index (χ1v) is 3.04. The molecule has 66 valence electrons. The van der Waals surface area contributed by atoms with Crippen molar-refractivity contribution in [1.82, 2.24) is 10.2 Å². The van der Waals surface area contributed by atoms with Crippen LogP contribution in [0, 0.1) is 6.92 Å². The van der Waals surface area contributed by atoms with E-state index in [-0.39, 0.29) is 5.56 Å². The predicted molar refractivity (Wildman–Crippen MR) is 34.6 cm³/mol. The maximum Gasteiger partial charge on any atom is 0.422 e. The van der Waals surface area contributed by atoms with E-state index in [9.17, 15) is 18.0 Å². The number of halogens is 3. The first kappa shape index (κ1) is 8.76. The van der Waals surface area contributed by atoms with E-state index in [2.05, 4.69) is 5.10 Å². The van der Waals surface area contributed by atoms with Gasteiger partial charge in [-0.1, -0.05) is 0 Å². The number of alkyl halides is 3. The van der Waals surface area contributed by atoms with Gasteiger partial charge in [0.05, 0.1) is 6.20 Å².